The Labute approximate surface area is 162 Å². The molecule has 3 fully saturated rings. The number of aromatic nitrogens is 2. The Balaban J connectivity index is 1.36. The molecule has 2 aromatic heterocycles. The van der Waals surface area contributed by atoms with Crippen molar-refractivity contribution in [2.24, 2.45) is 0 Å². The van der Waals surface area contributed by atoms with Gasteiger partial charge in [-0.3, -0.25) is 9.59 Å². The van der Waals surface area contributed by atoms with E-state index in [1.807, 2.05) is 6.92 Å². The van der Waals surface area contributed by atoms with Crippen LogP contribution >= 0.6 is 0 Å². The van der Waals surface area contributed by atoms with Crippen LogP contribution in [-0.2, 0) is 0 Å². The predicted molar refractivity (Wildman–Crippen MR) is 100 cm³/mol. The Morgan fingerprint density at radius 1 is 1.04 bits per heavy atom. The molecule has 0 aliphatic heterocycles. The predicted octanol–water partition coefficient (Wildman–Crippen LogP) is 1.81. The zero-order valence-corrected chi connectivity index (χ0v) is 15.6. The normalized spacial score (nSPS) is 24.5. The van der Waals surface area contributed by atoms with Gasteiger partial charge in [-0.05, 0) is 49.9 Å². The molecule has 3 aliphatic rings. The fourth-order valence-corrected chi connectivity index (χ4v) is 4.11. The van der Waals surface area contributed by atoms with Gasteiger partial charge in [0, 0.05) is 23.5 Å². The molecule has 0 atom stereocenters. The van der Waals surface area contributed by atoms with Crippen molar-refractivity contribution in [1.82, 2.24) is 20.6 Å². The molecule has 3 aliphatic carbocycles. The van der Waals surface area contributed by atoms with Crippen molar-refractivity contribution in [3.8, 4) is 11.5 Å². The van der Waals surface area contributed by atoms with Crippen LogP contribution < -0.4 is 15.4 Å². The molecular formula is C20H22N4O4. The molecule has 5 rings (SSSR count). The quantitative estimate of drug-likeness (QED) is 0.673. The molecule has 2 aromatic rings. The van der Waals surface area contributed by atoms with Crippen molar-refractivity contribution >= 4 is 11.8 Å². The summed E-state index contributed by atoms with van der Waals surface area (Å²) in [6.07, 6.45) is 5.79. The zero-order chi connectivity index (χ0) is 19.8. The van der Waals surface area contributed by atoms with Gasteiger partial charge in [0.2, 0.25) is 0 Å². The molecule has 8 nitrogen and oxygen atoms in total. The second kappa shape index (κ2) is 6.78. The maximum Gasteiger partial charge on any atom is 0.274 e. The zero-order valence-electron chi connectivity index (χ0n) is 15.6. The highest BCUT2D eigenvalue weighted by molar-refractivity contribution is 5.97. The number of carbonyl (C=O) groups excluding carboxylic acids is 2. The molecule has 8 heteroatoms. The van der Waals surface area contributed by atoms with Gasteiger partial charge in [-0.25, -0.2) is 9.97 Å². The van der Waals surface area contributed by atoms with E-state index >= 15 is 0 Å². The minimum absolute atomic E-state index is 0.0107. The monoisotopic (exact) mass is 382 g/mol. The average molecular weight is 382 g/mol. The van der Waals surface area contributed by atoms with Crippen molar-refractivity contribution in [3.63, 3.8) is 0 Å². The first-order chi connectivity index (χ1) is 13.5. The average Bonchev–Trinajstić information content (AvgIpc) is 2.64. The van der Waals surface area contributed by atoms with Gasteiger partial charge in [0.25, 0.3) is 11.8 Å². The lowest BCUT2D eigenvalue weighted by Gasteiger charge is -2.70. The number of rotatable bonds is 7. The number of aromatic hydroxyl groups is 1. The molecule has 3 saturated carbocycles. The molecule has 0 saturated heterocycles. The second-order valence-corrected chi connectivity index (χ2v) is 7.57. The molecule has 28 heavy (non-hydrogen) atoms. The summed E-state index contributed by atoms with van der Waals surface area (Å²) in [4.78, 5) is 33.1. The minimum atomic E-state index is -0.405. The fraction of sp³-hybridized carbons (Fsp3) is 0.400. The maximum absolute atomic E-state index is 12.7. The first kappa shape index (κ1) is 18.2. The molecule has 2 amide bonds. The molecule has 0 radical (unpaired) electrons. The van der Waals surface area contributed by atoms with Crippen LogP contribution in [0.25, 0.3) is 0 Å². The molecule has 2 bridgehead atoms. The van der Waals surface area contributed by atoms with Gasteiger partial charge < -0.3 is 20.5 Å². The van der Waals surface area contributed by atoms with E-state index in [0.29, 0.717) is 31.6 Å². The van der Waals surface area contributed by atoms with Crippen molar-refractivity contribution < 1.29 is 19.4 Å². The summed E-state index contributed by atoms with van der Waals surface area (Å²) < 4.78 is 5.61. The summed E-state index contributed by atoms with van der Waals surface area (Å²) in [5.41, 5.74) is -0.385. The number of amides is 2. The maximum atomic E-state index is 12.7. The number of ether oxygens (including phenoxy) is 1. The SMILES string of the molecule is CCCOc1cccnc1C(=O)NC12CC(NC(=O)c3ncccc3O)(C1)C2. The first-order valence-corrected chi connectivity index (χ1v) is 9.33. The number of nitrogens with one attached hydrogen (secondary N) is 2. The van der Waals surface area contributed by atoms with E-state index in [1.54, 1.807) is 24.4 Å². The lowest BCUT2D eigenvalue weighted by atomic mass is 9.44. The van der Waals surface area contributed by atoms with Crippen LogP contribution in [0.1, 0.15) is 53.6 Å². The molecule has 3 N–H and O–H groups in total. The summed E-state index contributed by atoms with van der Waals surface area (Å²) in [7, 11) is 0. The van der Waals surface area contributed by atoms with Crippen molar-refractivity contribution in [2.75, 3.05) is 6.61 Å². The highest BCUT2D eigenvalue weighted by Gasteiger charge is 2.69. The second-order valence-electron chi connectivity index (χ2n) is 7.57. The third kappa shape index (κ3) is 3.15. The molecule has 0 aromatic carbocycles. The van der Waals surface area contributed by atoms with E-state index in [0.717, 1.165) is 6.42 Å². The molecule has 146 valence electrons. The topological polar surface area (TPSA) is 113 Å². The molecule has 0 unspecified atom stereocenters. The van der Waals surface area contributed by atoms with Crippen LogP contribution in [0.4, 0.5) is 0 Å². The van der Waals surface area contributed by atoms with Crippen LogP contribution in [0.5, 0.6) is 11.5 Å². The highest BCUT2D eigenvalue weighted by Crippen LogP contribution is 2.60. The van der Waals surface area contributed by atoms with Crippen molar-refractivity contribution in [1.29, 1.82) is 0 Å². The van der Waals surface area contributed by atoms with Crippen LogP contribution in [0.2, 0.25) is 0 Å². The standard InChI is InChI=1S/C20H22N4O4/c1-2-9-28-14-6-4-8-22-16(14)18(27)24-20-10-19(11-20,12-20)23-17(26)15-13(25)5-3-7-21-15/h3-8,25H,2,9-12H2,1H3,(H,23,26)(H,24,27). The summed E-state index contributed by atoms with van der Waals surface area (Å²) in [5.74, 6) is -0.349. The summed E-state index contributed by atoms with van der Waals surface area (Å²) >= 11 is 0. The molecule has 2 heterocycles. The fourth-order valence-electron chi connectivity index (χ4n) is 4.11. The minimum Gasteiger partial charge on any atom is -0.505 e. The lowest BCUT2D eigenvalue weighted by Crippen LogP contribution is -2.83. The summed E-state index contributed by atoms with van der Waals surface area (Å²) in [6, 6.07) is 6.46. The van der Waals surface area contributed by atoms with Crippen LogP contribution in [0, 0.1) is 0 Å². The third-order valence-corrected chi connectivity index (χ3v) is 5.24. The number of carbonyl (C=O) groups is 2. The van der Waals surface area contributed by atoms with E-state index in [2.05, 4.69) is 20.6 Å². The molecular weight excluding hydrogens is 360 g/mol. The van der Waals surface area contributed by atoms with Crippen molar-refractivity contribution in [3.05, 3.63) is 48.0 Å². The van der Waals surface area contributed by atoms with Gasteiger partial charge in [-0.1, -0.05) is 6.92 Å². The van der Waals surface area contributed by atoms with Gasteiger partial charge in [-0.15, -0.1) is 0 Å². The Bertz CT molecular complexity index is 910. The van der Waals surface area contributed by atoms with Crippen molar-refractivity contribution in [2.45, 2.75) is 43.7 Å². The number of hydrogen-bond acceptors (Lipinski definition) is 6. The third-order valence-electron chi connectivity index (χ3n) is 5.24. The van der Waals surface area contributed by atoms with Crippen LogP contribution in [0.3, 0.4) is 0 Å². The lowest BCUT2D eigenvalue weighted by molar-refractivity contribution is -0.0906. The Morgan fingerprint density at radius 3 is 2.21 bits per heavy atom. The first-order valence-electron chi connectivity index (χ1n) is 9.33. The number of nitrogens with zero attached hydrogens (tertiary/aromatic N) is 2. The van der Waals surface area contributed by atoms with Gasteiger partial charge >= 0.3 is 0 Å². The van der Waals surface area contributed by atoms with E-state index in [9.17, 15) is 14.7 Å². The number of pyridine rings is 2. The Kier molecular flexibility index (Phi) is 4.41. The van der Waals surface area contributed by atoms with Gasteiger partial charge in [-0.2, -0.15) is 0 Å². The van der Waals surface area contributed by atoms with Crippen LogP contribution in [-0.4, -0.2) is 44.6 Å². The van der Waals surface area contributed by atoms with E-state index in [-0.39, 0.29) is 34.1 Å². The Hall–Kier alpha value is -3.16. The van der Waals surface area contributed by atoms with Gasteiger partial charge in [0.1, 0.15) is 5.75 Å². The van der Waals surface area contributed by atoms with E-state index in [4.69, 9.17) is 4.74 Å². The smallest absolute Gasteiger partial charge is 0.274 e. The van der Waals surface area contributed by atoms with E-state index in [1.165, 1.54) is 12.3 Å². The Morgan fingerprint density at radius 2 is 1.61 bits per heavy atom. The largest absolute Gasteiger partial charge is 0.505 e. The number of hydrogen-bond donors (Lipinski definition) is 3. The van der Waals surface area contributed by atoms with Crippen LogP contribution in [0.15, 0.2) is 36.7 Å². The molecule has 0 spiro atoms. The van der Waals surface area contributed by atoms with E-state index < -0.39 is 5.91 Å². The van der Waals surface area contributed by atoms with Gasteiger partial charge in [0.15, 0.2) is 17.1 Å². The summed E-state index contributed by atoms with van der Waals surface area (Å²) in [6.45, 7) is 2.52. The summed E-state index contributed by atoms with van der Waals surface area (Å²) in [5, 5.41) is 15.7. The van der Waals surface area contributed by atoms with Gasteiger partial charge in [0.05, 0.1) is 6.61 Å². The highest BCUT2D eigenvalue weighted by atomic mass is 16.5.